The Morgan fingerprint density at radius 2 is 1.50 bits per heavy atom. The molecule has 1 atom stereocenters. The smallest absolute Gasteiger partial charge is 0.263 e. The molecule has 0 fully saturated rings. The van der Waals surface area contributed by atoms with E-state index in [2.05, 4.69) is 52.5 Å². The zero-order valence-electron chi connectivity index (χ0n) is 23.6. The molecule has 5 aromatic carbocycles. The minimum Gasteiger partial charge on any atom is -0.463 e. The van der Waals surface area contributed by atoms with Crippen LogP contribution in [-0.4, -0.2) is 19.2 Å². The van der Waals surface area contributed by atoms with Gasteiger partial charge in [-0.05, 0) is 87.4 Å². The SMILES string of the molecule is O=S(=O)(NC(=S)NCc1ccccc1)c1ccc(N2N=C(c3ccco3)CC2c2c3ccccc3cc3ccccc23)cc1. The highest BCUT2D eigenvalue weighted by atomic mass is 32.2. The fourth-order valence-corrected chi connectivity index (χ4v) is 7.08. The first-order valence-electron chi connectivity index (χ1n) is 14.2. The van der Waals surface area contributed by atoms with Crippen LogP contribution in [0.1, 0.15) is 29.3 Å². The zero-order valence-corrected chi connectivity index (χ0v) is 25.2. The van der Waals surface area contributed by atoms with Gasteiger partial charge in [0, 0.05) is 13.0 Å². The predicted octanol–water partition coefficient (Wildman–Crippen LogP) is 7.29. The first kappa shape index (κ1) is 27.8. The first-order chi connectivity index (χ1) is 21.5. The van der Waals surface area contributed by atoms with Gasteiger partial charge < -0.3 is 9.73 Å². The van der Waals surface area contributed by atoms with Gasteiger partial charge in [-0.1, -0.05) is 78.9 Å². The van der Waals surface area contributed by atoms with Gasteiger partial charge >= 0.3 is 0 Å². The van der Waals surface area contributed by atoms with E-state index in [9.17, 15) is 8.42 Å². The molecule has 9 heteroatoms. The summed E-state index contributed by atoms with van der Waals surface area (Å²) in [7, 11) is -3.90. The van der Waals surface area contributed by atoms with E-state index in [0.29, 0.717) is 18.7 Å². The molecule has 44 heavy (non-hydrogen) atoms. The van der Waals surface area contributed by atoms with Crippen molar-refractivity contribution in [2.24, 2.45) is 5.10 Å². The largest absolute Gasteiger partial charge is 0.463 e. The van der Waals surface area contributed by atoms with Crippen molar-refractivity contribution in [2.75, 3.05) is 5.01 Å². The maximum Gasteiger partial charge on any atom is 0.263 e. The zero-order chi connectivity index (χ0) is 30.1. The molecule has 2 N–H and O–H groups in total. The Morgan fingerprint density at radius 3 is 2.16 bits per heavy atom. The summed E-state index contributed by atoms with van der Waals surface area (Å²) in [5.41, 5.74) is 3.74. The second-order valence-electron chi connectivity index (χ2n) is 10.6. The van der Waals surface area contributed by atoms with Gasteiger partial charge in [0.25, 0.3) is 10.0 Å². The molecule has 0 radical (unpaired) electrons. The average molecular weight is 617 g/mol. The molecule has 0 saturated carbocycles. The molecular weight excluding hydrogens is 589 g/mol. The van der Waals surface area contributed by atoms with E-state index in [1.807, 2.05) is 59.6 Å². The van der Waals surface area contributed by atoms with Crippen molar-refractivity contribution in [2.45, 2.75) is 23.9 Å². The van der Waals surface area contributed by atoms with E-state index >= 15 is 0 Å². The minimum atomic E-state index is -3.90. The van der Waals surface area contributed by atoms with Crippen molar-refractivity contribution >= 4 is 60.3 Å². The van der Waals surface area contributed by atoms with Gasteiger partial charge in [0.05, 0.1) is 22.9 Å². The molecular formula is C35H28N4O3S2. The van der Waals surface area contributed by atoms with Crippen molar-refractivity contribution in [3.63, 3.8) is 0 Å². The Balaban J connectivity index is 1.22. The second kappa shape index (κ2) is 11.6. The summed E-state index contributed by atoms with van der Waals surface area (Å²) in [5, 5.41) is 14.6. The molecule has 1 unspecified atom stereocenters. The van der Waals surface area contributed by atoms with E-state index in [1.54, 1.807) is 30.5 Å². The fourth-order valence-electron chi connectivity index (χ4n) is 5.75. The Hall–Kier alpha value is -4.99. The number of fused-ring (bicyclic) bond motifs is 2. The monoisotopic (exact) mass is 616 g/mol. The summed E-state index contributed by atoms with van der Waals surface area (Å²) >= 11 is 5.28. The van der Waals surface area contributed by atoms with Gasteiger partial charge in [-0.3, -0.25) is 9.73 Å². The number of nitrogens with zero attached hydrogens (tertiary/aromatic N) is 2. The van der Waals surface area contributed by atoms with Crippen LogP contribution in [0.3, 0.4) is 0 Å². The van der Waals surface area contributed by atoms with Crippen molar-refractivity contribution in [1.29, 1.82) is 0 Å². The standard InChI is InChI=1S/C35H28N4O3S2/c40-44(41,38-35(43)36-23-24-9-2-1-3-10-24)28-18-16-27(17-19-28)39-32(22-31(37-39)33-15-8-20-42-33)34-29-13-6-4-11-25(29)21-26-12-5-7-14-30(26)34/h1-21,32H,22-23H2,(H2,36,38,43). The third-order valence-corrected chi connectivity index (χ3v) is 9.54. The van der Waals surface area contributed by atoms with Gasteiger partial charge in [-0.25, -0.2) is 8.42 Å². The van der Waals surface area contributed by atoms with Crippen LogP contribution in [0.25, 0.3) is 21.5 Å². The minimum absolute atomic E-state index is 0.0352. The highest BCUT2D eigenvalue weighted by Crippen LogP contribution is 2.43. The quantitative estimate of drug-likeness (QED) is 0.145. The van der Waals surface area contributed by atoms with E-state index in [-0.39, 0.29) is 16.0 Å². The van der Waals surface area contributed by atoms with Crippen LogP contribution in [0.4, 0.5) is 5.69 Å². The highest BCUT2D eigenvalue weighted by Gasteiger charge is 2.33. The number of thiocarbonyl (C=S) groups is 1. The topological polar surface area (TPSA) is 86.9 Å². The van der Waals surface area contributed by atoms with Crippen LogP contribution in [0.5, 0.6) is 0 Å². The molecule has 218 valence electrons. The van der Waals surface area contributed by atoms with Gasteiger partial charge in [0.1, 0.15) is 11.5 Å². The van der Waals surface area contributed by atoms with E-state index < -0.39 is 10.0 Å². The van der Waals surface area contributed by atoms with E-state index in [4.69, 9.17) is 21.7 Å². The Kier molecular flexibility index (Phi) is 7.33. The normalized spacial score (nSPS) is 15.0. The van der Waals surface area contributed by atoms with Crippen LogP contribution < -0.4 is 15.0 Å². The molecule has 2 heterocycles. The summed E-state index contributed by atoms with van der Waals surface area (Å²) in [4.78, 5) is 0.103. The number of hydrogen-bond acceptors (Lipinski definition) is 6. The van der Waals surface area contributed by atoms with Crippen LogP contribution in [0, 0.1) is 0 Å². The van der Waals surface area contributed by atoms with Crippen molar-refractivity contribution in [1.82, 2.24) is 10.0 Å². The van der Waals surface area contributed by atoms with Gasteiger partial charge in [-0.2, -0.15) is 5.10 Å². The van der Waals surface area contributed by atoms with Crippen molar-refractivity contribution in [3.05, 3.63) is 144 Å². The Labute approximate surface area is 260 Å². The lowest BCUT2D eigenvalue weighted by atomic mass is 9.90. The number of benzene rings is 5. The first-order valence-corrected chi connectivity index (χ1v) is 16.1. The highest BCUT2D eigenvalue weighted by molar-refractivity contribution is 7.91. The third-order valence-electron chi connectivity index (χ3n) is 7.80. The van der Waals surface area contributed by atoms with Crippen molar-refractivity contribution < 1.29 is 12.8 Å². The summed E-state index contributed by atoms with van der Waals surface area (Å²) in [6.45, 7) is 0.413. The van der Waals surface area contributed by atoms with Crippen LogP contribution in [0.2, 0.25) is 0 Å². The van der Waals surface area contributed by atoms with Crippen LogP contribution in [0.15, 0.2) is 142 Å². The summed E-state index contributed by atoms with van der Waals surface area (Å²) in [6.07, 6.45) is 2.27. The average Bonchev–Trinajstić information content (AvgIpc) is 3.74. The summed E-state index contributed by atoms with van der Waals surface area (Å²) in [5.74, 6) is 0.710. The number of hydrogen-bond donors (Lipinski definition) is 2. The van der Waals surface area contributed by atoms with Crippen LogP contribution in [-0.2, 0) is 16.6 Å². The second-order valence-corrected chi connectivity index (χ2v) is 12.7. The van der Waals surface area contributed by atoms with Gasteiger partial charge in [0.2, 0.25) is 0 Å². The molecule has 0 aliphatic carbocycles. The van der Waals surface area contributed by atoms with Crippen LogP contribution >= 0.6 is 12.2 Å². The maximum absolute atomic E-state index is 13.2. The molecule has 0 saturated heterocycles. The Bertz CT molecular complexity index is 2060. The molecule has 7 rings (SSSR count). The molecule has 1 aliphatic rings. The number of anilines is 1. The van der Waals surface area contributed by atoms with E-state index in [0.717, 1.165) is 44.1 Å². The number of furan rings is 1. The molecule has 0 amide bonds. The molecule has 0 bridgehead atoms. The van der Waals surface area contributed by atoms with E-state index in [1.165, 1.54) is 0 Å². The number of rotatable bonds is 7. The van der Waals surface area contributed by atoms with Crippen molar-refractivity contribution in [3.8, 4) is 0 Å². The lowest BCUT2D eigenvalue weighted by molar-refractivity contribution is 0.556. The molecule has 0 spiro atoms. The maximum atomic E-state index is 13.2. The van der Waals surface area contributed by atoms with Gasteiger partial charge in [0.15, 0.2) is 5.11 Å². The van der Waals surface area contributed by atoms with Gasteiger partial charge in [-0.15, -0.1) is 0 Å². The molecule has 1 aromatic heterocycles. The molecule has 1 aliphatic heterocycles. The molecule has 6 aromatic rings. The third kappa shape index (κ3) is 5.43. The molecule has 7 nitrogen and oxygen atoms in total. The lowest BCUT2D eigenvalue weighted by Gasteiger charge is -2.26. The predicted molar refractivity (Wildman–Crippen MR) is 179 cm³/mol. The lowest BCUT2D eigenvalue weighted by Crippen LogP contribution is -2.38. The summed E-state index contributed by atoms with van der Waals surface area (Å²) in [6, 6.07) is 39.0. The number of nitrogens with one attached hydrogen (secondary N) is 2. The Morgan fingerprint density at radius 1 is 0.841 bits per heavy atom. The summed E-state index contributed by atoms with van der Waals surface area (Å²) < 4.78 is 34.6. The number of hydrazone groups is 1. The number of sulfonamides is 1. The fraction of sp³-hybridized carbons (Fsp3) is 0.0857.